The van der Waals surface area contributed by atoms with Crippen molar-refractivity contribution in [2.24, 2.45) is 0 Å². The summed E-state index contributed by atoms with van der Waals surface area (Å²) in [6.45, 7) is 9.26. The maximum absolute atomic E-state index is 12.9. The third kappa shape index (κ3) is 5.51. The Morgan fingerprint density at radius 2 is 1.79 bits per heavy atom. The first-order valence-corrected chi connectivity index (χ1v) is 10.0. The molecule has 6 heteroatoms. The molecule has 1 atom stereocenters. The number of hydrogen-bond donors (Lipinski definition) is 2. The van der Waals surface area contributed by atoms with Crippen molar-refractivity contribution in [3.63, 3.8) is 0 Å². The van der Waals surface area contributed by atoms with Crippen molar-refractivity contribution < 1.29 is 14.6 Å². The predicted octanol–water partition coefficient (Wildman–Crippen LogP) is 3.30. The van der Waals surface area contributed by atoms with Crippen LogP contribution in [0.1, 0.15) is 24.8 Å². The van der Waals surface area contributed by atoms with Crippen LogP contribution in [0.25, 0.3) is 0 Å². The number of amides is 1. The SMILES string of the molecule is C=CCOc1ccc(C(CC)C(=O)NN2CCN(c3ccc(O)cc3)CC2)cc1. The molecule has 0 radical (unpaired) electrons. The summed E-state index contributed by atoms with van der Waals surface area (Å²) >= 11 is 0. The average Bonchev–Trinajstić information content (AvgIpc) is 2.75. The lowest BCUT2D eigenvalue weighted by molar-refractivity contribution is -0.127. The average molecular weight is 396 g/mol. The summed E-state index contributed by atoms with van der Waals surface area (Å²) in [4.78, 5) is 15.1. The van der Waals surface area contributed by atoms with Crippen LogP contribution in [0.3, 0.4) is 0 Å². The van der Waals surface area contributed by atoms with Gasteiger partial charge in [-0.3, -0.25) is 10.2 Å². The highest BCUT2D eigenvalue weighted by molar-refractivity contribution is 5.83. The third-order valence-corrected chi connectivity index (χ3v) is 5.14. The molecule has 0 aliphatic carbocycles. The molecule has 0 spiro atoms. The number of ether oxygens (including phenoxy) is 1. The van der Waals surface area contributed by atoms with Gasteiger partial charge in [0.15, 0.2) is 0 Å². The van der Waals surface area contributed by atoms with Crippen molar-refractivity contribution in [1.82, 2.24) is 10.4 Å². The first-order valence-electron chi connectivity index (χ1n) is 10.0. The van der Waals surface area contributed by atoms with E-state index in [4.69, 9.17) is 4.74 Å². The van der Waals surface area contributed by atoms with Crippen molar-refractivity contribution in [2.45, 2.75) is 19.3 Å². The second-order valence-corrected chi connectivity index (χ2v) is 7.10. The lowest BCUT2D eigenvalue weighted by Gasteiger charge is -2.36. The maximum Gasteiger partial charge on any atom is 0.241 e. The largest absolute Gasteiger partial charge is 0.508 e. The van der Waals surface area contributed by atoms with E-state index in [1.807, 2.05) is 48.3 Å². The Morgan fingerprint density at radius 1 is 1.14 bits per heavy atom. The van der Waals surface area contributed by atoms with Gasteiger partial charge >= 0.3 is 0 Å². The number of carbonyl (C=O) groups excluding carboxylic acids is 1. The van der Waals surface area contributed by atoms with E-state index in [2.05, 4.69) is 16.9 Å². The van der Waals surface area contributed by atoms with Gasteiger partial charge in [0.05, 0.1) is 5.92 Å². The number of phenolic OH excluding ortho intramolecular Hbond substituents is 1. The van der Waals surface area contributed by atoms with Gasteiger partial charge in [0.1, 0.15) is 18.1 Å². The number of hydrogen-bond acceptors (Lipinski definition) is 5. The van der Waals surface area contributed by atoms with Gasteiger partial charge in [0.25, 0.3) is 0 Å². The third-order valence-electron chi connectivity index (χ3n) is 5.14. The van der Waals surface area contributed by atoms with E-state index in [0.29, 0.717) is 6.61 Å². The number of anilines is 1. The van der Waals surface area contributed by atoms with Crippen LogP contribution in [-0.4, -0.2) is 48.8 Å². The van der Waals surface area contributed by atoms with E-state index in [1.54, 1.807) is 18.2 Å². The summed E-state index contributed by atoms with van der Waals surface area (Å²) in [7, 11) is 0. The van der Waals surface area contributed by atoms with Gasteiger partial charge in [-0.2, -0.15) is 0 Å². The predicted molar refractivity (Wildman–Crippen MR) is 115 cm³/mol. The van der Waals surface area contributed by atoms with Crippen molar-refractivity contribution in [3.8, 4) is 11.5 Å². The topological polar surface area (TPSA) is 65.0 Å². The fourth-order valence-corrected chi connectivity index (χ4v) is 3.50. The Balaban J connectivity index is 1.53. The van der Waals surface area contributed by atoms with E-state index < -0.39 is 0 Å². The molecule has 2 aromatic carbocycles. The van der Waals surface area contributed by atoms with Crippen LogP contribution < -0.4 is 15.1 Å². The molecule has 1 saturated heterocycles. The van der Waals surface area contributed by atoms with Crippen LogP contribution in [0.2, 0.25) is 0 Å². The molecule has 1 unspecified atom stereocenters. The van der Waals surface area contributed by atoms with Crippen LogP contribution in [0.15, 0.2) is 61.2 Å². The molecular weight excluding hydrogens is 366 g/mol. The highest BCUT2D eigenvalue weighted by Gasteiger charge is 2.23. The molecule has 3 rings (SSSR count). The van der Waals surface area contributed by atoms with Crippen molar-refractivity contribution >= 4 is 11.6 Å². The lowest BCUT2D eigenvalue weighted by atomic mass is 9.96. The van der Waals surface area contributed by atoms with Crippen LogP contribution >= 0.6 is 0 Å². The number of aromatic hydroxyl groups is 1. The number of carbonyl (C=O) groups is 1. The zero-order valence-corrected chi connectivity index (χ0v) is 16.9. The van der Waals surface area contributed by atoms with Gasteiger partial charge in [-0.05, 0) is 48.4 Å². The zero-order chi connectivity index (χ0) is 20.6. The number of phenols is 1. The number of nitrogens with one attached hydrogen (secondary N) is 1. The molecule has 0 saturated carbocycles. The van der Waals surface area contributed by atoms with Crippen LogP contribution in [0.4, 0.5) is 5.69 Å². The molecule has 0 aromatic heterocycles. The van der Waals surface area contributed by atoms with Gasteiger partial charge in [0.2, 0.25) is 5.91 Å². The van der Waals surface area contributed by atoms with Gasteiger partial charge in [-0.1, -0.05) is 31.7 Å². The molecule has 29 heavy (non-hydrogen) atoms. The van der Waals surface area contributed by atoms with E-state index in [-0.39, 0.29) is 17.6 Å². The second-order valence-electron chi connectivity index (χ2n) is 7.10. The van der Waals surface area contributed by atoms with Gasteiger partial charge in [-0.15, -0.1) is 0 Å². The molecule has 1 fully saturated rings. The van der Waals surface area contributed by atoms with Crippen LogP contribution in [-0.2, 0) is 4.79 Å². The number of nitrogens with zero attached hydrogens (tertiary/aromatic N) is 2. The fourth-order valence-electron chi connectivity index (χ4n) is 3.50. The normalized spacial score (nSPS) is 15.6. The number of benzene rings is 2. The quantitative estimate of drug-likeness (QED) is 0.672. The summed E-state index contributed by atoms with van der Waals surface area (Å²) in [5, 5.41) is 11.4. The molecule has 1 heterocycles. The highest BCUT2D eigenvalue weighted by Crippen LogP contribution is 2.23. The second kappa shape index (κ2) is 9.98. The van der Waals surface area contributed by atoms with Crippen molar-refractivity contribution in [3.05, 3.63) is 66.7 Å². The minimum absolute atomic E-state index is 0.0188. The minimum atomic E-state index is -0.196. The molecule has 2 N–H and O–H groups in total. The van der Waals surface area contributed by atoms with Crippen LogP contribution in [0, 0.1) is 0 Å². The molecule has 1 amide bonds. The summed E-state index contributed by atoms with van der Waals surface area (Å²) in [5.74, 6) is 0.865. The summed E-state index contributed by atoms with van der Waals surface area (Å²) in [6.07, 6.45) is 2.43. The zero-order valence-electron chi connectivity index (χ0n) is 16.9. The van der Waals surface area contributed by atoms with Crippen molar-refractivity contribution in [1.29, 1.82) is 0 Å². The van der Waals surface area contributed by atoms with Gasteiger partial charge < -0.3 is 14.7 Å². The molecule has 154 valence electrons. The first-order chi connectivity index (χ1) is 14.1. The Bertz CT molecular complexity index is 797. The molecular formula is C23H29N3O3. The fraction of sp³-hybridized carbons (Fsp3) is 0.348. The summed E-state index contributed by atoms with van der Waals surface area (Å²) in [6, 6.07) is 14.9. The molecule has 1 aliphatic rings. The minimum Gasteiger partial charge on any atom is -0.508 e. The summed E-state index contributed by atoms with van der Waals surface area (Å²) < 4.78 is 5.51. The Labute approximate surface area is 172 Å². The Hall–Kier alpha value is -2.99. The van der Waals surface area contributed by atoms with Crippen molar-refractivity contribution in [2.75, 3.05) is 37.7 Å². The number of piperazine rings is 1. The highest BCUT2D eigenvalue weighted by atomic mass is 16.5. The molecule has 1 aliphatic heterocycles. The van der Waals surface area contributed by atoms with E-state index in [1.165, 1.54) is 0 Å². The molecule has 0 bridgehead atoms. The van der Waals surface area contributed by atoms with Crippen LogP contribution in [0.5, 0.6) is 11.5 Å². The van der Waals surface area contributed by atoms with Gasteiger partial charge in [0, 0.05) is 31.9 Å². The number of hydrazine groups is 1. The first kappa shape index (κ1) is 20.7. The Morgan fingerprint density at radius 3 is 2.38 bits per heavy atom. The molecule has 6 nitrogen and oxygen atoms in total. The Kier molecular flexibility index (Phi) is 7.14. The van der Waals surface area contributed by atoms with E-state index in [9.17, 15) is 9.90 Å². The monoisotopic (exact) mass is 395 g/mol. The smallest absolute Gasteiger partial charge is 0.241 e. The van der Waals surface area contributed by atoms with E-state index >= 15 is 0 Å². The standard InChI is InChI=1S/C23H29N3O3/c1-3-17-29-21-11-5-18(6-12-21)22(4-2)23(28)24-26-15-13-25(14-16-26)19-7-9-20(27)10-8-19/h3,5-12,22,27H,1,4,13-17H2,2H3,(H,24,28). The maximum atomic E-state index is 12.9. The van der Waals surface area contributed by atoms with E-state index in [0.717, 1.165) is 49.6 Å². The van der Waals surface area contributed by atoms with Gasteiger partial charge in [-0.25, -0.2) is 5.01 Å². The molecule has 2 aromatic rings. The lowest BCUT2D eigenvalue weighted by Crippen LogP contribution is -2.54. The number of rotatable bonds is 8. The summed E-state index contributed by atoms with van der Waals surface area (Å²) in [5.41, 5.74) is 5.15.